The smallest absolute Gasteiger partial charge is 0.236 e. The van der Waals surface area contributed by atoms with Crippen LogP contribution in [0.3, 0.4) is 0 Å². The van der Waals surface area contributed by atoms with E-state index in [9.17, 15) is 70.2 Å². The highest BCUT2D eigenvalue weighted by Gasteiger charge is 2.79. The lowest BCUT2D eigenvalue weighted by Crippen LogP contribution is -2.47. The molecular formula is C53H90BF16P. The van der Waals surface area contributed by atoms with Crippen molar-refractivity contribution in [2.45, 2.75) is 301 Å². The van der Waals surface area contributed by atoms with Gasteiger partial charge in [-0.05, 0) is 12.8 Å². The van der Waals surface area contributed by atoms with E-state index >= 15 is 0 Å². The lowest BCUT2D eigenvalue weighted by molar-refractivity contribution is -0.243. The molecule has 1 aromatic rings. The Morgan fingerprint density at radius 1 is 0.366 bits per heavy atom. The van der Waals surface area contributed by atoms with Crippen LogP contribution in [0.25, 0.3) is 0 Å². The van der Waals surface area contributed by atoms with Gasteiger partial charge in [0.05, 0.1) is 0 Å². The van der Waals surface area contributed by atoms with Crippen LogP contribution in [0.1, 0.15) is 246 Å². The van der Waals surface area contributed by atoms with Gasteiger partial charge in [0.2, 0.25) is 35.3 Å². The Morgan fingerprint density at radius 2 is 0.634 bits per heavy atom. The van der Waals surface area contributed by atoms with Crippen LogP contribution in [0.15, 0.2) is 0 Å². The zero-order valence-corrected chi connectivity index (χ0v) is 44.6. The first-order valence-electron chi connectivity index (χ1n) is 27.6. The molecule has 0 saturated heterocycles. The summed E-state index contributed by atoms with van der Waals surface area (Å²) in [5.74, 6) is -16.0. The first-order valence-corrected chi connectivity index (χ1v) is 29.1. The Morgan fingerprint density at radius 3 is 0.930 bits per heavy atom. The maximum Gasteiger partial charge on any atom is 0.494 e. The molecular weight excluding hydrogens is 982 g/mol. The molecule has 0 aromatic heterocycles. The summed E-state index contributed by atoms with van der Waals surface area (Å²) < 4.78 is 213. The van der Waals surface area contributed by atoms with E-state index in [1.165, 1.54) is 180 Å². The van der Waals surface area contributed by atoms with E-state index in [1.807, 2.05) is 0 Å². The molecule has 0 nitrogen and oxygen atoms in total. The van der Waals surface area contributed by atoms with Crippen LogP contribution in [0.5, 0.6) is 0 Å². The van der Waals surface area contributed by atoms with E-state index in [0.717, 1.165) is 0 Å². The van der Waals surface area contributed by atoms with Gasteiger partial charge in [-0.1, -0.05) is 227 Å². The minimum Gasteiger partial charge on any atom is -0.236 e. The van der Waals surface area contributed by atoms with Crippen molar-refractivity contribution in [3.63, 3.8) is 0 Å². The molecule has 1 rings (SSSR count). The fraction of sp³-hybridized carbons (Fsp3) is 0.887. The van der Waals surface area contributed by atoms with Crippen LogP contribution in [0.4, 0.5) is 70.2 Å². The molecule has 2 unspecified atom stereocenters. The number of unbranched alkanes of at least 4 members (excludes halogenated alkanes) is 27. The molecule has 0 fully saturated rings. The minimum atomic E-state index is -7.00. The van der Waals surface area contributed by atoms with Crippen molar-refractivity contribution in [2.75, 3.05) is 0 Å². The largest absolute Gasteiger partial charge is 0.494 e. The molecule has 0 amide bonds. The number of halogens is 16. The van der Waals surface area contributed by atoms with Crippen molar-refractivity contribution in [3.05, 3.63) is 29.1 Å². The summed E-state index contributed by atoms with van der Waals surface area (Å²) in [4.78, 5) is 0. The van der Waals surface area contributed by atoms with Gasteiger partial charge in [-0.15, -0.1) is 0 Å². The van der Waals surface area contributed by atoms with E-state index in [2.05, 4.69) is 27.7 Å². The average molecular weight is 1070 g/mol. The van der Waals surface area contributed by atoms with Gasteiger partial charge in [-0.3, -0.25) is 0 Å². The summed E-state index contributed by atoms with van der Waals surface area (Å²) in [5.41, 5.74) is -12.7. The third-order valence-corrected chi connectivity index (χ3v) is 17.0. The molecule has 0 N–H and O–H groups in total. The van der Waals surface area contributed by atoms with Gasteiger partial charge in [-0.2, -0.15) is 78.0 Å². The lowest BCUT2D eigenvalue weighted by Gasteiger charge is -2.41. The van der Waals surface area contributed by atoms with Gasteiger partial charge in [0, 0.05) is 12.6 Å². The summed E-state index contributed by atoms with van der Waals surface area (Å²) in [6.45, 7) is 9.37. The fourth-order valence-electron chi connectivity index (χ4n) is 9.84. The molecule has 0 bridgehead atoms. The molecule has 0 saturated carbocycles. The molecule has 422 valence electrons. The highest BCUT2D eigenvalue weighted by molar-refractivity contribution is 7.68. The molecule has 18 heteroatoms. The van der Waals surface area contributed by atoms with E-state index in [-0.39, 0.29) is 12.6 Å². The zero-order valence-electron chi connectivity index (χ0n) is 43.6. The Labute approximate surface area is 418 Å². The molecule has 0 spiro atoms. The highest BCUT2D eigenvalue weighted by atomic mass is 31.1. The minimum absolute atomic E-state index is 0.120. The molecule has 2 atom stereocenters. The van der Waals surface area contributed by atoms with Crippen LogP contribution in [0, 0.1) is 29.1 Å². The van der Waals surface area contributed by atoms with E-state index < -0.39 is 104 Å². The van der Waals surface area contributed by atoms with Gasteiger partial charge >= 0.3 is 23.7 Å². The second kappa shape index (κ2) is 38.2. The van der Waals surface area contributed by atoms with Gasteiger partial charge in [0.15, 0.2) is 13.2 Å². The Bertz CT molecular complexity index is 1370. The third-order valence-electron chi connectivity index (χ3n) is 14.2. The number of hydrogen-bond donors (Lipinski definition) is 0. The van der Waals surface area contributed by atoms with Crippen LogP contribution in [0.2, 0.25) is 25.3 Å². The highest BCUT2D eigenvalue weighted by Crippen LogP contribution is 2.69. The number of benzene rings is 1. The van der Waals surface area contributed by atoms with Crippen molar-refractivity contribution >= 4 is 19.4 Å². The third kappa shape index (κ3) is 28.3. The normalized spacial score (nSPS) is 13.7. The summed E-state index contributed by atoms with van der Waals surface area (Å²) in [6, 6.07) is 0. The van der Waals surface area contributed by atoms with Gasteiger partial charge in [0.1, 0.15) is 0 Å². The number of rotatable bonds is 42. The predicted octanol–water partition coefficient (Wildman–Crippen LogP) is 22.6. The summed E-state index contributed by atoms with van der Waals surface area (Å²) in [6.07, 6.45) is 27.2. The van der Waals surface area contributed by atoms with E-state index in [1.54, 1.807) is 25.3 Å². The number of hydrogen-bond acceptors (Lipinski definition) is 0. The SMILES string of the molecule is CCCCCCCCC[B-](CCCCCCCCC)(CCCCCCCCC)CCCCCCCCC.Fc1c(F)c(F)c([PH+](C(F)(F)C(F)CCCCCCC(F)(F)F)C(F)(F)C(F)(F)F)c(F)c1F. The second-order valence-electron chi connectivity index (χ2n) is 20.4. The molecule has 0 radical (unpaired) electrons. The summed E-state index contributed by atoms with van der Waals surface area (Å²) >= 11 is 0. The van der Waals surface area contributed by atoms with Crippen LogP contribution in [-0.4, -0.2) is 36.0 Å². The Balaban J connectivity index is 0.00000138. The quantitative estimate of drug-likeness (QED) is 0.0153. The first kappa shape index (κ1) is 69.6. The maximum absolute atomic E-state index is 14.5. The second-order valence-corrected chi connectivity index (χ2v) is 23.0. The van der Waals surface area contributed by atoms with Crippen molar-refractivity contribution in [3.8, 4) is 0 Å². The van der Waals surface area contributed by atoms with Crippen LogP contribution < -0.4 is 5.30 Å². The van der Waals surface area contributed by atoms with Crippen LogP contribution >= 0.6 is 7.92 Å². The molecule has 0 heterocycles. The number of alkyl halides is 11. The van der Waals surface area contributed by atoms with E-state index in [0.29, 0.717) is 0 Å². The van der Waals surface area contributed by atoms with Crippen molar-refractivity contribution < 1.29 is 70.2 Å². The first-order chi connectivity index (χ1) is 33.4. The fourth-order valence-corrected chi connectivity index (χ4v) is 12.3. The average Bonchev–Trinajstić information content (AvgIpc) is 3.30. The standard InChI is InChI=1S/C36H76B.C17H13F16P/c1-5-9-13-17-21-25-29-33-37(34-30-26-22-18-14-10-6-2,35-31-27-23-19-15-11-7-3)36-32-28-24-20-16-12-8-4;18-7(5-3-1-2-4-6-14(24,25)26)15(27,28)34(17(32,33)16(29,30)31)13-11(22)9(20)8(19)10(21)12(13)23/h5-36H2,1-4H3;7H,1-6H2/q-1;/p+1. The lowest BCUT2D eigenvalue weighted by atomic mass is 9.17. The van der Waals surface area contributed by atoms with Crippen molar-refractivity contribution in [1.29, 1.82) is 0 Å². The van der Waals surface area contributed by atoms with Gasteiger partial charge in [-0.25, -0.2) is 17.6 Å². The molecule has 0 aliphatic rings. The van der Waals surface area contributed by atoms with Gasteiger partial charge < -0.3 is 0 Å². The van der Waals surface area contributed by atoms with E-state index in [4.69, 9.17) is 0 Å². The zero-order chi connectivity index (χ0) is 54.0. The molecule has 1 aromatic carbocycles. The van der Waals surface area contributed by atoms with Crippen LogP contribution in [-0.2, 0) is 0 Å². The predicted molar refractivity (Wildman–Crippen MR) is 266 cm³/mol. The molecule has 0 aliphatic carbocycles. The van der Waals surface area contributed by atoms with Crippen molar-refractivity contribution in [1.82, 2.24) is 0 Å². The van der Waals surface area contributed by atoms with Crippen molar-refractivity contribution in [2.24, 2.45) is 0 Å². The summed E-state index contributed by atoms with van der Waals surface area (Å²) in [5, 5.41) is -3.17. The molecule has 0 aliphatic heterocycles. The topological polar surface area (TPSA) is 0 Å². The Kier molecular flexibility index (Phi) is 37.4. The monoisotopic (exact) mass is 1070 g/mol. The Hall–Kier alpha value is -1.41. The maximum atomic E-state index is 14.5. The summed E-state index contributed by atoms with van der Waals surface area (Å²) in [7, 11) is -6.63. The van der Waals surface area contributed by atoms with Gasteiger partial charge in [0.25, 0.3) is 0 Å². The molecule has 71 heavy (non-hydrogen) atoms.